The van der Waals surface area contributed by atoms with Crippen LogP contribution in [-0.4, -0.2) is 7.11 Å². The summed E-state index contributed by atoms with van der Waals surface area (Å²) in [6, 6.07) is 11.4. The maximum Gasteiger partial charge on any atom is 0.122 e. The molecule has 1 atom stereocenters. The second kappa shape index (κ2) is 6.70. The highest BCUT2D eigenvalue weighted by Gasteiger charge is 2.11. The zero-order chi connectivity index (χ0) is 14.7. The van der Waals surface area contributed by atoms with Gasteiger partial charge in [-0.2, -0.15) is 0 Å². The molecule has 0 aliphatic carbocycles. The van der Waals surface area contributed by atoms with E-state index in [1.807, 2.05) is 37.3 Å². The normalized spacial score (nSPS) is 12.1. The summed E-state index contributed by atoms with van der Waals surface area (Å²) in [4.78, 5) is 0. The molecule has 0 saturated carbocycles. The first-order valence-electron chi connectivity index (χ1n) is 6.05. The molecule has 0 fully saturated rings. The zero-order valence-electron chi connectivity index (χ0n) is 11.1. The molecule has 0 amide bonds. The largest absolute Gasteiger partial charge is 0.497 e. The summed E-state index contributed by atoms with van der Waals surface area (Å²) in [6.45, 7) is 2.04. The van der Waals surface area contributed by atoms with E-state index < -0.39 is 0 Å². The van der Waals surface area contributed by atoms with E-state index >= 15 is 0 Å². The van der Waals surface area contributed by atoms with E-state index in [0.717, 1.165) is 21.5 Å². The number of methoxy groups -OCH3 is 1. The lowest BCUT2D eigenvalue weighted by Gasteiger charge is -2.18. The fourth-order valence-electron chi connectivity index (χ4n) is 1.94. The second-order valence-electron chi connectivity index (χ2n) is 4.41. The van der Waals surface area contributed by atoms with Crippen LogP contribution < -0.4 is 10.1 Å². The minimum Gasteiger partial charge on any atom is -0.497 e. The van der Waals surface area contributed by atoms with Gasteiger partial charge in [0, 0.05) is 32.3 Å². The molecule has 0 saturated heterocycles. The van der Waals surface area contributed by atoms with E-state index in [9.17, 15) is 0 Å². The highest BCUT2D eigenvalue weighted by molar-refractivity contribution is 9.10. The standard InChI is InChI=1S/C15H14BrCl2NO/c1-9(14-4-3-11(17)7-15(14)18)19-12-5-10(16)6-13(8-12)20-2/h3-9,19H,1-2H3. The molecule has 2 aromatic carbocycles. The molecule has 0 spiro atoms. The summed E-state index contributed by atoms with van der Waals surface area (Å²) < 4.78 is 6.20. The van der Waals surface area contributed by atoms with Gasteiger partial charge in [-0.1, -0.05) is 45.2 Å². The maximum atomic E-state index is 6.22. The summed E-state index contributed by atoms with van der Waals surface area (Å²) in [5.41, 5.74) is 1.95. The Labute approximate surface area is 137 Å². The van der Waals surface area contributed by atoms with Crippen molar-refractivity contribution in [1.82, 2.24) is 0 Å². The molecular weight excluding hydrogens is 361 g/mol. The van der Waals surface area contributed by atoms with Crippen LogP contribution in [-0.2, 0) is 0 Å². The molecule has 2 nitrogen and oxygen atoms in total. The Balaban J connectivity index is 2.22. The van der Waals surface area contributed by atoms with Gasteiger partial charge < -0.3 is 10.1 Å². The first kappa shape index (κ1) is 15.5. The lowest BCUT2D eigenvalue weighted by molar-refractivity contribution is 0.414. The van der Waals surface area contributed by atoms with E-state index in [0.29, 0.717) is 10.0 Å². The average molecular weight is 375 g/mol. The summed E-state index contributed by atoms with van der Waals surface area (Å²) >= 11 is 15.6. The van der Waals surface area contributed by atoms with Crippen molar-refractivity contribution in [2.24, 2.45) is 0 Å². The first-order chi connectivity index (χ1) is 9.49. The molecule has 5 heteroatoms. The van der Waals surface area contributed by atoms with Crippen molar-refractivity contribution in [3.63, 3.8) is 0 Å². The van der Waals surface area contributed by atoms with Gasteiger partial charge in [0.25, 0.3) is 0 Å². The third kappa shape index (κ3) is 3.81. The average Bonchev–Trinajstić information content (AvgIpc) is 2.37. The van der Waals surface area contributed by atoms with Crippen molar-refractivity contribution in [3.8, 4) is 5.75 Å². The fraction of sp³-hybridized carbons (Fsp3) is 0.200. The number of hydrogen-bond acceptors (Lipinski definition) is 2. The number of benzene rings is 2. The molecule has 2 rings (SSSR count). The first-order valence-corrected chi connectivity index (χ1v) is 7.60. The quantitative estimate of drug-likeness (QED) is 0.715. The van der Waals surface area contributed by atoms with E-state index in [1.165, 1.54) is 0 Å². The molecule has 1 unspecified atom stereocenters. The Hall–Kier alpha value is -0.900. The zero-order valence-corrected chi connectivity index (χ0v) is 14.2. The van der Waals surface area contributed by atoms with Crippen LogP contribution in [0.25, 0.3) is 0 Å². The van der Waals surface area contributed by atoms with E-state index in [4.69, 9.17) is 27.9 Å². The van der Waals surface area contributed by atoms with Crippen LogP contribution in [0.15, 0.2) is 40.9 Å². The Kier molecular flexibility index (Phi) is 5.19. The van der Waals surface area contributed by atoms with Crippen molar-refractivity contribution in [2.75, 3.05) is 12.4 Å². The van der Waals surface area contributed by atoms with Crippen molar-refractivity contribution >= 4 is 44.8 Å². The van der Waals surface area contributed by atoms with Gasteiger partial charge in [-0.25, -0.2) is 0 Å². The van der Waals surface area contributed by atoms with Crippen molar-refractivity contribution in [2.45, 2.75) is 13.0 Å². The van der Waals surface area contributed by atoms with E-state index in [-0.39, 0.29) is 6.04 Å². The summed E-state index contributed by atoms with van der Waals surface area (Å²) in [5.74, 6) is 0.788. The molecule has 0 bridgehead atoms. The van der Waals surface area contributed by atoms with Crippen molar-refractivity contribution in [3.05, 3.63) is 56.5 Å². The SMILES string of the molecule is COc1cc(Br)cc(NC(C)c2ccc(Cl)cc2Cl)c1. The molecule has 106 valence electrons. The second-order valence-corrected chi connectivity index (χ2v) is 6.17. The van der Waals surface area contributed by atoms with Crippen LogP contribution in [0.2, 0.25) is 10.0 Å². The third-order valence-electron chi connectivity index (χ3n) is 2.92. The van der Waals surface area contributed by atoms with Gasteiger partial charge in [0.15, 0.2) is 0 Å². The maximum absolute atomic E-state index is 6.22. The molecule has 0 aromatic heterocycles. The van der Waals surface area contributed by atoms with Gasteiger partial charge in [0.2, 0.25) is 0 Å². The Morgan fingerprint density at radius 1 is 1.15 bits per heavy atom. The van der Waals surface area contributed by atoms with Gasteiger partial charge in [0.05, 0.1) is 7.11 Å². The Morgan fingerprint density at radius 2 is 1.90 bits per heavy atom. The molecule has 0 heterocycles. The smallest absolute Gasteiger partial charge is 0.122 e. The Morgan fingerprint density at radius 3 is 2.55 bits per heavy atom. The lowest BCUT2D eigenvalue weighted by Crippen LogP contribution is -2.07. The highest BCUT2D eigenvalue weighted by atomic mass is 79.9. The van der Waals surface area contributed by atoms with E-state index in [1.54, 1.807) is 13.2 Å². The van der Waals surface area contributed by atoms with Gasteiger partial charge >= 0.3 is 0 Å². The van der Waals surface area contributed by atoms with Crippen LogP contribution in [0.5, 0.6) is 5.75 Å². The van der Waals surface area contributed by atoms with Gasteiger partial charge in [0.1, 0.15) is 5.75 Å². The number of nitrogens with one attached hydrogen (secondary N) is 1. The predicted octanol–water partition coefficient (Wildman–Crippen LogP) is 5.94. The highest BCUT2D eigenvalue weighted by Crippen LogP contribution is 2.31. The van der Waals surface area contributed by atoms with Gasteiger partial charge in [-0.3, -0.25) is 0 Å². The number of rotatable bonds is 4. The summed E-state index contributed by atoms with van der Waals surface area (Å²) in [5, 5.41) is 4.68. The third-order valence-corrected chi connectivity index (χ3v) is 3.94. The van der Waals surface area contributed by atoms with Gasteiger partial charge in [-0.05, 0) is 36.8 Å². The topological polar surface area (TPSA) is 21.3 Å². The number of ether oxygens (including phenoxy) is 1. The van der Waals surface area contributed by atoms with Crippen LogP contribution in [0, 0.1) is 0 Å². The molecule has 0 aliphatic heterocycles. The number of hydrogen-bond donors (Lipinski definition) is 1. The predicted molar refractivity (Wildman–Crippen MR) is 89.2 cm³/mol. The van der Waals surface area contributed by atoms with Crippen LogP contribution >= 0.6 is 39.1 Å². The lowest BCUT2D eigenvalue weighted by atomic mass is 10.1. The van der Waals surface area contributed by atoms with Crippen LogP contribution in [0.3, 0.4) is 0 Å². The molecule has 2 aromatic rings. The molecule has 20 heavy (non-hydrogen) atoms. The number of anilines is 1. The minimum atomic E-state index is 0.0544. The fourth-order valence-corrected chi connectivity index (χ4v) is 2.99. The molecule has 1 N–H and O–H groups in total. The van der Waals surface area contributed by atoms with Crippen molar-refractivity contribution < 1.29 is 4.74 Å². The molecular formula is C15H14BrCl2NO. The summed E-state index contributed by atoms with van der Waals surface area (Å²) in [7, 11) is 1.64. The van der Waals surface area contributed by atoms with Crippen LogP contribution in [0.4, 0.5) is 5.69 Å². The van der Waals surface area contributed by atoms with Crippen LogP contribution in [0.1, 0.15) is 18.5 Å². The monoisotopic (exact) mass is 373 g/mol. The van der Waals surface area contributed by atoms with Gasteiger partial charge in [-0.15, -0.1) is 0 Å². The minimum absolute atomic E-state index is 0.0544. The number of halogens is 3. The molecule has 0 radical (unpaired) electrons. The molecule has 0 aliphatic rings. The van der Waals surface area contributed by atoms with E-state index in [2.05, 4.69) is 21.2 Å². The van der Waals surface area contributed by atoms with Crippen molar-refractivity contribution in [1.29, 1.82) is 0 Å². The Bertz CT molecular complexity index is 619. The summed E-state index contributed by atoms with van der Waals surface area (Å²) in [6.07, 6.45) is 0.